The number of nitrogens with zero attached hydrogens (tertiary/aromatic N) is 1. The number of carbonyl (C=O) groups is 2. The summed E-state index contributed by atoms with van der Waals surface area (Å²) in [5.41, 5.74) is 0.920. The van der Waals surface area contributed by atoms with E-state index in [-0.39, 0.29) is 10.2 Å². The van der Waals surface area contributed by atoms with Crippen LogP contribution in [-0.2, 0) is 9.59 Å². The van der Waals surface area contributed by atoms with Gasteiger partial charge >= 0.3 is 5.97 Å². The van der Waals surface area contributed by atoms with Gasteiger partial charge < -0.3 is 5.11 Å². The second-order valence-electron chi connectivity index (χ2n) is 4.47. The summed E-state index contributed by atoms with van der Waals surface area (Å²) in [4.78, 5) is 24.6. The number of aliphatic carboxylic acids is 1. The number of fused-ring (bicyclic) bond motifs is 1. The molecule has 1 amide bonds. The predicted octanol–water partition coefficient (Wildman–Crippen LogP) is 3.95. The number of thiocarbonyl (C=S) groups is 1. The zero-order valence-electron chi connectivity index (χ0n) is 10.9. The van der Waals surface area contributed by atoms with Crippen molar-refractivity contribution in [2.24, 2.45) is 0 Å². The van der Waals surface area contributed by atoms with E-state index in [2.05, 4.69) is 15.9 Å². The molecule has 1 aromatic heterocycles. The number of thiophene rings is 1. The van der Waals surface area contributed by atoms with Crippen molar-refractivity contribution in [3.05, 3.63) is 38.5 Å². The first kappa shape index (κ1) is 15.7. The Kier molecular flexibility index (Phi) is 4.35. The number of halogens is 1. The number of carboxylic acid groups (broad SMARTS) is 1. The summed E-state index contributed by atoms with van der Waals surface area (Å²) in [6, 6.07) is 5.92. The van der Waals surface area contributed by atoms with Crippen molar-refractivity contribution in [1.29, 1.82) is 0 Å². The van der Waals surface area contributed by atoms with Crippen LogP contribution in [0.2, 0.25) is 0 Å². The van der Waals surface area contributed by atoms with Crippen molar-refractivity contribution in [2.75, 3.05) is 6.54 Å². The Balaban J connectivity index is 2.00. The molecule has 22 heavy (non-hydrogen) atoms. The second kappa shape index (κ2) is 6.11. The largest absolute Gasteiger partial charge is 0.480 e. The minimum absolute atomic E-state index is 0.275. The van der Waals surface area contributed by atoms with Gasteiger partial charge in [-0.3, -0.25) is 14.5 Å². The van der Waals surface area contributed by atoms with Gasteiger partial charge in [-0.2, -0.15) is 0 Å². The standard InChI is InChI=1S/C14H8BrNO3S3/c15-8-2-1-3-9-12(8)7(6-21-9)4-10-13(19)16(5-11(17)18)14(20)22-10/h1-4,6H,5H2,(H,17,18)/b10-4+. The molecule has 0 saturated carbocycles. The van der Waals surface area contributed by atoms with E-state index in [0.29, 0.717) is 4.91 Å². The van der Waals surface area contributed by atoms with Gasteiger partial charge in [0.25, 0.3) is 5.91 Å². The molecule has 0 aliphatic carbocycles. The molecule has 1 aliphatic rings. The highest BCUT2D eigenvalue weighted by Crippen LogP contribution is 2.37. The third kappa shape index (κ3) is 2.83. The van der Waals surface area contributed by atoms with Gasteiger partial charge in [0.2, 0.25) is 0 Å². The van der Waals surface area contributed by atoms with Crippen molar-refractivity contribution in [3.8, 4) is 0 Å². The summed E-state index contributed by atoms with van der Waals surface area (Å²) in [6.45, 7) is -0.407. The Morgan fingerprint density at radius 2 is 2.23 bits per heavy atom. The summed E-state index contributed by atoms with van der Waals surface area (Å²) in [5, 5.41) is 11.9. The van der Waals surface area contributed by atoms with Crippen LogP contribution in [0.4, 0.5) is 0 Å². The molecule has 1 aliphatic heterocycles. The molecule has 2 heterocycles. The Morgan fingerprint density at radius 3 is 2.95 bits per heavy atom. The average Bonchev–Trinajstić information content (AvgIpc) is 2.97. The van der Waals surface area contributed by atoms with Gasteiger partial charge in [0, 0.05) is 14.6 Å². The van der Waals surface area contributed by atoms with E-state index in [9.17, 15) is 9.59 Å². The lowest BCUT2D eigenvalue weighted by molar-refractivity contribution is -0.140. The lowest BCUT2D eigenvalue weighted by Crippen LogP contribution is -2.33. The number of carboxylic acids is 1. The van der Waals surface area contributed by atoms with Crippen molar-refractivity contribution in [3.63, 3.8) is 0 Å². The molecule has 0 unspecified atom stereocenters. The highest BCUT2D eigenvalue weighted by atomic mass is 79.9. The monoisotopic (exact) mass is 413 g/mol. The summed E-state index contributed by atoms with van der Waals surface area (Å²) >= 11 is 11.3. The first-order valence-electron chi connectivity index (χ1n) is 6.10. The van der Waals surface area contributed by atoms with E-state index in [1.807, 2.05) is 23.6 Å². The third-order valence-electron chi connectivity index (χ3n) is 3.03. The van der Waals surface area contributed by atoms with E-state index in [0.717, 1.165) is 36.8 Å². The van der Waals surface area contributed by atoms with Crippen molar-refractivity contribution in [2.45, 2.75) is 0 Å². The second-order valence-corrected chi connectivity index (χ2v) is 7.91. The first-order valence-corrected chi connectivity index (χ1v) is 9.00. The Bertz CT molecular complexity index is 843. The number of rotatable bonds is 3. The van der Waals surface area contributed by atoms with Gasteiger partial charge in [0.15, 0.2) is 0 Å². The van der Waals surface area contributed by atoms with Gasteiger partial charge in [0.05, 0.1) is 4.91 Å². The molecule has 1 aromatic carbocycles. The van der Waals surface area contributed by atoms with Crippen molar-refractivity contribution < 1.29 is 14.7 Å². The lowest BCUT2D eigenvalue weighted by Gasteiger charge is -2.10. The molecule has 0 spiro atoms. The molecule has 112 valence electrons. The molecule has 0 atom stereocenters. The lowest BCUT2D eigenvalue weighted by atomic mass is 10.1. The Morgan fingerprint density at radius 1 is 1.45 bits per heavy atom. The minimum atomic E-state index is -1.08. The first-order chi connectivity index (χ1) is 10.5. The number of carbonyl (C=O) groups excluding carboxylic acids is 1. The van der Waals surface area contributed by atoms with Gasteiger partial charge in [-0.25, -0.2) is 0 Å². The maximum atomic E-state index is 12.3. The Hall–Kier alpha value is -1.22. The normalized spacial score (nSPS) is 17.0. The zero-order chi connectivity index (χ0) is 15.9. The molecule has 2 aromatic rings. The van der Waals surface area contributed by atoms with Crippen LogP contribution in [0.25, 0.3) is 16.2 Å². The molecule has 0 bridgehead atoms. The highest BCUT2D eigenvalue weighted by molar-refractivity contribution is 9.10. The number of hydrogen-bond acceptors (Lipinski definition) is 5. The average molecular weight is 414 g/mol. The summed E-state index contributed by atoms with van der Waals surface area (Å²) in [5.74, 6) is -1.44. The van der Waals surface area contributed by atoms with Crippen LogP contribution in [0.3, 0.4) is 0 Å². The van der Waals surface area contributed by atoms with Crippen LogP contribution in [0, 0.1) is 0 Å². The molecule has 0 radical (unpaired) electrons. The molecule has 8 heteroatoms. The van der Waals surface area contributed by atoms with Gasteiger partial charge in [0.1, 0.15) is 10.9 Å². The zero-order valence-corrected chi connectivity index (χ0v) is 14.9. The van der Waals surface area contributed by atoms with Gasteiger partial charge in [-0.1, -0.05) is 46.0 Å². The van der Waals surface area contributed by atoms with Crippen LogP contribution in [0.1, 0.15) is 5.56 Å². The molecule has 1 N–H and O–H groups in total. The van der Waals surface area contributed by atoms with Gasteiger partial charge in [-0.05, 0) is 29.2 Å². The SMILES string of the molecule is O=C(O)CN1C(=O)/C(=C\c2csc3cccc(Br)c23)SC1=S. The van der Waals surface area contributed by atoms with E-state index in [1.54, 1.807) is 17.4 Å². The smallest absolute Gasteiger partial charge is 0.323 e. The molecule has 1 fully saturated rings. The highest BCUT2D eigenvalue weighted by Gasteiger charge is 2.33. The van der Waals surface area contributed by atoms with E-state index < -0.39 is 12.5 Å². The minimum Gasteiger partial charge on any atom is -0.480 e. The third-order valence-corrected chi connectivity index (χ3v) is 6.04. The summed E-state index contributed by atoms with van der Waals surface area (Å²) < 4.78 is 2.34. The molecular weight excluding hydrogens is 406 g/mol. The number of amides is 1. The molecular formula is C14H8BrNO3S3. The maximum Gasteiger partial charge on any atom is 0.323 e. The fraction of sp³-hybridized carbons (Fsp3) is 0.0714. The Labute approximate surface area is 147 Å². The van der Waals surface area contributed by atoms with Crippen LogP contribution in [0.5, 0.6) is 0 Å². The summed E-state index contributed by atoms with van der Waals surface area (Å²) in [7, 11) is 0. The number of thioether (sulfide) groups is 1. The van der Waals surface area contributed by atoms with Crippen LogP contribution >= 0.6 is 51.2 Å². The molecule has 1 saturated heterocycles. The van der Waals surface area contributed by atoms with E-state index >= 15 is 0 Å². The topological polar surface area (TPSA) is 57.6 Å². The van der Waals surface area contributed by atoms with Gasteiger partial charge in [-0.15, -0.1) is 11.3 Å². The van der Waals surface area contributed by atoms with E-state index in [4.69, 9.17) is 17.3 Å². The fourth-order valence-corrected chi connectivity index (χ4v) is 5.00. The van der Waals surface area contributed by atoms with E-state index in [1.165, 1.54) is 0 Å². The van der Waals surface area contributed by atoms with Crippen LogP contribution in [-0.4, -0.2) is 32.7 Å². The van der Waals surface area contributed by atoms with Crippen LogP contribution in [0.15, 0.2) is 33.0 Å². The number of benzene rings is 1. The van der Waals surface area contributed by atoms with Crippen molar-refractivity contribution >= 4 is 83.6 Å². The predicted molar refractivity (Wildman–Crippen MR) is 97.0 cm³/mol. The maximum absolute atomic E-state index is 12.3. The molecule has 3 rings (SSSR count). The van der Waals surface area contributed by atoms with Crippen LogP contribution < -0.4 is 0 Å². The quantitative estimate of drug-likeness (QED) is 0.609. The van der Waals surface area contributed by atoms with Crippen molar-refractivity contribution in [1.82, 2.24) is 4.90 Å². The molecule has 4 nitrogen and oxygen atoms in total. The summed E-state index contributed by atoms with van der Waals surface area (Å²) in [6.07, 6.45) is 1.77. The fourth-order valence-electron chi connectivity index (χ4n) is 2.09. The number of hydrogen-bond donors (Lipinski definition) is 1.